The average Bonchev–Trinajstić information content (AvgIpc) is 3.56. The van der Waals surface area contributed by atoms with Gasteiger partial charge in [-0.05, 0) is 48.9 Å². The molecule has 3 atom stereocenters. The predicted molar refractivity (Wildman–Crippen MR) is 132 cm³/mol. The molecule has 3 aromatic rings. The number of rotatable bonds is 7. The molecule has 1 fully saturated rings. The molecular weight excluding hydrogens is 428 g/mol. The summed E-state index contributed by atoms with van der Waals surface area (Å²) < 4.78 is 7.07. The zero-order valence-electron chi connectivity index (χ0n) is 20.2. The molecule has 0 unspecified atom stereocenters. The maximum absolute atomic E-state index is 12.9. The van der Waals surface area contributed by atoms with Crippen molar-refractivity contribution >= 4 is 17.4 Å². The second kappa shape index (κ2) is 9.18. The Balaban J connectivity index is 1.56. The van der Waals surface area contributed by atoms with E-state index in [0.717, 1.165) is 33.9 Å². The molecule has 0 bridgehead atoms. The Bertz CT molecular complexity index is 1170. The van der Waals surface area contributed by atoms with Gasteiger partial charge in [-0.15, -0.1) is 0 Å². The summed E-state index contributed by atoms with van der Waals surface area (Å²) in [5, 5.41) is 8.13. The number of methoxy groups -OCH3 is 1. The van der Waals surface area contributed by atoms with Gasteiger partial charge in [0, 0.05) is 43.4 Å². The molecule has 1 aliphatic carbocycles. The highest BCUT2D eigenvalue weighted by Crippen LogP contribution is 2.50. The molecule has 178 valence electrons. The van der Waals surface area contributed by atoms with Gasteiger partial charge in [-0.1, -0.05) is 13.0 Å². The van der Waals surface area contributed by atoms with Crippen molar-refractivity contribution in [3.8, 4) is 11.1 Å². The van der Waals surface area contributed by atoms with E-state index in [1.807, 2.05) is 28.9 Å². The summed E-state index contributed by atoms with van der Waals surface area (Å²) in [6, 6.07) is 6.56. The lowest BCUT2D eigenvalue weighted by atomic mass is 9.79. The summed E-state index contributed by atoms with van der Waals surface area (Å²) >= 11 is 0. The van der Waals surface area contributed by atoms with E-state index >= 15 is 0 Å². The van der Waals surface area contributed by atoms with E-state index in [2.05, 4.69) is 45.5 Å². The Morgan fingerprint density at radius 2 is 2.00 bits per heavy atom. The molecule has 0 radical (unpaired) electrons. The van der Waals surface area contributed by atoms with Crippen molar-refractivity contribution in [1.82, 2.24) is 19.7 Å². The SMILES string of the molecule is COCCn1cc(-c2ccc3c(c2)[C@H](Nc2cnc(C)cn2)[C@@H](C)[C@H](C2CC2)N3C(C)=O)cn1. The van der Waals surface area contributed by atoms with Crippen LogP contribution in [0.25, 0.3) is 11.1 Å². The fraction of sp³-hybridized carbons (Fsp3) is 0.462. The van der Waals surface area contributed by atoms with Crippen LogP contribution in [0.5, 0.6) is 0 Å². The second-order valence-electron chi connectivity index (χ2n) is 9.50. The molecule has 5 rings (SSSR count). The Morgan fingerprint density at radius 3 is 2.68 bits per heavy atom. The van der Waals surface area contributed by atoms with E-state index in [1.54, 1.807) is 26.4 Å². The van der Waals surface area contributed by atoms with E-state index in [0.29, 0.717) is 19.1 Å². The number of aryl methyl sites for hydroxylation is 1. The molecule has 1 N–H and O–H groups in total. The summed E-state index contributed by atoms with van der Waals surface area (Å²) in [7, 11) is 1.69. The number of amides is 1. The number of nitrogens with zero attached hydrogens (tertiary/aromatic N) is 5. The fourth-order valence-electron chi connectivity index (χ4n) is 5.19. The van der Waals surface area contributed by atoms with Crippen LogP contribution in [-0.4, -0.2) is 45.4 Å². The molecule has 3 heterocycles. The van der Waals surface area contributed by atoms with Crippen LogP contribution in [0.3, 0.4) is 0 Å². The Morgan fingerprint density at radius 1 is 1.18 bits per heavy atom. The summed E-state index contributed by atoms with van der Waals surface area (Å²) in [5.74, 6) is 1.60. The lowest BCUT2D eigenvalue weighted by molar-refractivity contribution is -0.117. The highest BCUT2D eigenvalue weighted by atomic mass is 16.5. The normalized spacial score (nSPS) is 21.9. The average molecular weight is 461 g/mol. The van der Waals surface area contributed by atoms with Crippen LogP contribution in [-0.2, 0) is 16.1 Å². The molecule has 0 saturated heterocycles. The third-order valence-corrected chi connectivity index (χ3v) is 7.00. The van der Waals surface area contributed by atoms with Crippen molar-refractivity contribution in [3.05, 3.63) is 54.2 Å². The molecule has 2 aromatic heterocycles. The number of hydrogen-bond donors (Lipinski definition) is 1. The molecule has 8 nitrogen and oxygen atoms in total. The zero-order valence-corrected chi connectivity index (χ0v) is 20.2. The Labute approximate surface area is 200 Å². The van der Waals surface area contributed by atoms with Gasteiger partial charge in [0.25, 0.3) is 0 Å². The molecule has 1 aromatic carbocycles. The third-order valence-electron chi connectivity index (χ3n) is 7.00. The maximum atomic E-state index is 12.9. The highest BCUT2D eigenvalue weighted by molar-refractivity contribution is 5.94. The van der Waals surface area contributed by atoms with Gasteiger partial charge in [0.2, 0.25) is 5.91 Å². The van der Waals surface area contributed by atoms with E-state index in [1.165, 1.54) is 12.8 Å². The van der Waals surface area contributed by atoms with Gasteiger partial charge in [-0.25, -0.2) is 4.98 Å². The Hall–Kier alpha value is -3.26. The predicted octanol–water partition coefficient (Wildman–Crippen LogP) is 4.23. The van der Waals surface area contributed by atoms with E-state index in [4.69, 9.17) is 4.74 Å². The van der Waals surface area contributed by atoms with Crippen molar-refractivity contribution in [2.24, 2.45) is 11.8 Å². The van der Waals surface area contributed by atoms with E-state index < -0.39 is 0 Å². The molecule has 8 heteroatoms. The van der Waals surface area contributed by atoms with E-state index in [9.17, 15) is 4.79 Å². The number of hydrogen-bond acceptors (Lipinski definition) is 6. The number of nitrogens with one attached hydrogen (secondary N) is 1. The van der Waals surface area contributed by atoms with Crippen LogP contribution in [0.15, 0.2) is 43.0 Å². The molecule has 34 heavy (non-hydrogen) atoms. The maximum Gasteiger partial charge on any atom is 0.224 e. The molecule has 1 amide bonds. The van der Waals surface area contributed by atoms with Crippen LogP contribution in [0, 0.1) is 18.8 Å². The first-order chi connectivity index (χ1) is 16.5. The molecular formula is C26H32N6O2. The van der Waals surface area contributed by atoms with Gasteiger partial charge in [0.15, 0.2) is 0 Å². The minimum atomic E-state index is 0.0108. The summed E-state index contributed by atoms with van der Waals surface area (Å²) in [6.07, 6.45) is 9.83. The summed E-state index contributed by atoms with van der Waals surface area (Å²) in [4.78, 5) is 23.9. The van der Waals surface area contributed by atoms with Crippen LogP contribution in [0.4, 0.5) is 11.5 Å². The van der Waals surface area contributed by atoms with Crippen molar-refractivity contribution < 1.29 is 9.53 Å². The number of carbonyl (C=O) groups is 1. The lowest BCUT2D eigenvalue weighted by Crippen LogP contribution is -2.51. The first-order valence-electron chi connectivity index (χ1n) is 12.0. The van der Waals surface area contributed by atoms with Crippen molar-refractivity contribution in [1.29, 1.82) is 0 Å². The molecule has 2 aliphatic rings. The smallest absolute Gasteiger partial charge is 0.224 e. The second-order valence-corrected chi connectivity index (χ2v) is 9.50. The molecule has 1 aliphatic heterocycles. The van der Waals surface area contributed by atoms with Gasteiger partial charge in [0.1, 0.15) is 5.82 Å². The quantitative estimate of drug-likeness (QED) is 0.568. The van der Waals surface area contributed by atoms with Gasteiger partial charge >= 0.3 is 0 Å². The minimum absolute atomic E-state index is 0.0108. The standard InChI is InChI=1S/C26H32N6O2/c1-16-12-28-24(14-27-16)30-25-17(2)26(19-5-6-19)32(18(3)33)23-8-7-20(11-22(23)25)21-13-29-31(15-21)9-10-34-4/h7-8,11-15,17,19,25-26H,5-6,9-10H2,1-4H3,(H,28,30)/t17-,25-,26-/m1/s1. The van der Waals surface area contributed by atoms with E-state index in [-0.39, 0.29) is 23.9 Å². The number of anilines is 2. The largest absolute Gasteiger partial charge is 0.383 e. The van der Waals surface area contributed by atoms with Crippen molar-refractivity contribution in [2.75, 3.05) is 23.9 Å². The van der Waals surface area contributed by atoms with Gasteiger partial charge in [-0.2, -0.15) is 5.10 Å². The van der Waals surface area contributed by atoms with Gasteiger partial charge < -0.3 is 15.0 Å². The topological polar surface area (TPSA) is 85.2 Å². The number of fused-ring (bicyclic) bond motifs is 1. The first-order valence-corrected chi connectivity index (χ1v) is 12.0. The van der Waals surface area contributed by atoms with Gasteiger partial charge in [-0.3, -0.25) is 14.5 Å². The number of aromatic nitrogens is 4. The van der Waals surface area contributed by atoms with Crippen molar-refractivity contribution in [2.45, 2.75) is 52.2 Å². The highest BCUT2D eigenvalue weighted by Gasteiger charge is 2.47. The van der Waals surface area contributed by atoms with Crippen molar-refractivity contribution in [3.63, 3.8) is 0 Å². The third kappa shape index (κ3) is 4.30. The fourth-order valence-corrected chi connectivity index (χ4v) is 5.19. The summed E-state index contributed by atoms with van der Waals surface area (Å²) in [5.41, 5.74) is 5.08. The van der Waals surface area contributed by atoms with Gasteiger partial charge in [0.05, 0.1) is 43.5 Å². The first kappa shape index (κ1) is 22.5. The van der Waals surface area contributed by atoms with Crippen LogP contribution in [0.1, 0.15) is 44.0 Å². The number of benzene rings is 1. The number of carbonyl (C=O) groups excluding carboxylic acids is 1. The zero-order chi connectivity index (χ0) is 23.8. The summed E-state index contributed by atoms with van der Waals surface area (Å²) in [6.45, 7) is 7.18. The Kier molecular flexibility index (Phi) is 6.08. The molecule has 0 spiro atoms. The lowest BCUT2D eigenvalue weighted by Gasteiger charge is -2.46. The minimum Gasteiger partial charge on any atom is -0.383 e. The van der Waals surface area contributed by atoms with Crippen LogP contribution in [0.2, 0.25) is 0 Å². The van der Waals surface area contributed by atoms with Crippen LogP contribution < -0.4 is 10.2 Å². The number of ether oxygens (including phenoxy) is 1. The monoisotopic (exact) mass is 460 g/mol. The van der Waals surface area contributed by atoms with Crippen LogP contribution >= 0.6 is 0 Å². The molecule has 1 saturated carbocycles.